The van der Waals surface area contributed by atoms with Gasteiger partial charge in [0, 0.05) is 6.04 Å². The molecular weight excluding hydrogens is 292 g/mol. The molecule has 2 N–H and O–H groups in total. The minimum atomic E-state index is -0.622. The van der Waals surface area contributed by atoms with Gasteiger partial charge < -0.3 is 15.4 Å². The molecule has 0 spiro atoms. The number of carbonyl (C=O) groups is 1. The Morgan fingerprint density at radius 2 is 2.18 bits per heavy atom. The lowest BCUT2D eigenvalue weighted by molar-refractivity contribution is -0.390. The third-order valence-corrected chi connectivity index (χ3v) is 3.53. The zero-order valence-electron chi connectivity index (χ0n) is 8.90. The summed E-state index contributed by atoms with van der Waals surface area (Å²) < 4.78 is 0.0954. The van der Waals surface area contributed by atoms with Crippen LogP contribution in [0.4, 0.5) is 5.82 Å². The van der Waals surface area contributed by atoms with Crippen molar-refractivity contribution in [2.24, 2.45) is 0 Å². The molecule has 0 radical (unpaired) electrons. The van der Waals surface area contributed by atoms with E-state index in [2.05, 4.69) is 31.4 Å². The van der Waals surface area contributed by atoms with Gasteiger partial charge in [-0.15, -0.1) is 5.10 Å². The van der Waals surface area contributed by atoms with Crippen molar-refractivity contribution >= 4 is 27.7 Å². The van der Waals surface area contributed by atoms with Gasteiger partial charge in [0.2, 0.25) is 0 Å². The van der Waals surface area contributed by atoms with Crippen LogP contribution in [0.3, 0.4) is 0 Å². The van der Waals surface area contributed by atoms with Gasteiger partial charge in [0.15, 0.2) is 5.69 Å². The van der Waals surface area contributed by atoms with Crippen LogP contribution in [0.5, 0.6) is 0 Å². The molecule has 92 valence electrons. The lowest BCUT2D eigenvalue weighted by Gasteiger charge is -2.09. The lowest BCUT2D eigenvalue weighted by Crippen LogP contribution is -2.33. The maximum Gasteiger partial charge on any atom is 0.357 e. The molecule has 0 aromatic carbocycles. The average molecular weight is 303 g/mol. The van der Waals surface area contributed by atoms with Gasteiger partial charge in [0.1, 0.15) is 4.47 Å². The summed E-state index contributed by atoms with van der Waals surface area (Å²) in [6.07, 6.45) is 4.12. The zero-order chi connectivity index (χ0) is 12.4. The first kappa shape index (κ1) is 12.0. The normalized spacial score (nSPS) is 16.1. The third kappa shape index (κ3) is 2.46. The standard InChI is InChI=1S/C9H11BrN4O3/c10-6-7(12-13-8(6)14(16)17)9(15)11-5-3-1-2-4-5/h5H,1-4H2,(H,11,15)(H,12,13). The Kier molecular flexibility index (Phi) is 3.41. The summed E-state index contributed by atoms with van der Waals surface area (Å²) in [5, 5.41) is 19.3. The van der Waals surface area contributed by atoms with E-state index >= 15 is 0 Å². The molecule has 1 aromatic heterocycles. The van der Waals surface area contributed by atoms with Gasteiger partial charge >= 0.3 is 5.82 Å². The molecule has 1 amide bonds. The topological polar surface area (TPSA) is 101 Å². The van der Waals surface area contributed by atoms with Gasteiger partial charge in [0.25, 0.3) is 5.91 Å². The average Bonchev–Trinajstić information content (AvgIpc) is 2.86. The smallest absolute Gasteiger partial charge is 0.357 e. The van der Waals surface area contributed by atoms with Crippen LogP contribution in [0.1, 0.15) is 36.2 Å². The molecule has 1 heterocycles. The number of halogens is 1. The minimum absolute atomic E-state index is 0.0311. The molecule has 0 aliphatic heterocycles. The van der Waals surface area contributed by atoms with E-state index in [4.69, 9.17) is 0 Å². The molecule has 2 rings (SSSR count). The van der Waals surface area contributed by atoms with Crippen molar-refractivity contribution in [1.29, 1.82) is 0 Å². The molecule has 1 aliphatic rings. The van der Waals surface area contributed by atoms with Gasteiger partial charge in [-0.25, -0.2) is 0 Å². The van der Waals surface area contributed by atoms with Gasteiger partial charge in [-0.2, -0.15) is 0 Å². The maximum absolute atomic E-state index is 11.8. The molecule has 0 saturated heterocycles. The molecule has 1 fully saturated rings. The van der Waals surface area contributed by atoms with E-state index in [9.17, 15) is 14.9 Å². The quantitative estimate of drug-likeness (QED) is 0.656. The number of hydrogen-bond donors (Lipinski definition) is 2. The summed E-state index contributed by atoms with van der Waals surface area (Å²) in [5.41, 5.74) is 0.0311. The van der Waals surface area contributed by atoms with Gasteiger partial charge in [-0.1, -0.05) is 17.9 Å². The Morgan fingerprint density at radius 3 is 2.71 bits per heavy atom. The highest BCUT2D eigenvalue weighted by Gasteiger charge is 2.26. The number of H-pyrrole nitrogens is 1. The second-order valence-corrected chi connectivity index (χ2v) is 4.74. The van der Waals surface area contributed by atoms with Gasteiger partial charge in [-0.05, 0) is 33.7 Å². The molecule has 0 atom stereocenters. The van der Waals surface area contributed by atoms with Crippen LogP contribution in [-0.4, -0.2) is 27.1 Å². The summed E-state index contributed by atoms with van der Waals surface area (Å²) >= 11 is 3.01. The molecule has 1 aliphatic carbocycles. The molecule has 1 aromatic rings. The van der Waals surface area contributed by atoms with E-state index < -0.39 is 4.92 Å². The summed E-state index contributed by atoms with van der Waals surface area (Å²) in [6.45, 7) is 0. The van der Waals surface area contributed by atoms with Crippen molar-refractivity contribution in [1.82, 2.24) is 15.5 Å². The molecule has 7 nitrogen and oxygen atoms in total. The Balaban J connectivity index is 2.11. The number of aromatic amines is 1. The number of hydrogen-bond acceptors (Lipinski definition) is 4. The van der Waals surface area contributed by atoms with Crippen LogP contribution in [0.25, 0.3) is 0 Å². The predicted molar refractivity (Wildman–Crippen MR) is 62.7 cm³/mol. The number of nitrogens with one attached hydrogen (secondary N) is 2. The summed E-state index contributed by atoms with van der Waals surface area (Å²) in [4.78, 5) is 21.8. The monoisotopic (exact) mass is 302 g/mol. The highest BCUT2D eigenvalue weighted by molar-refractivity contribution is 9.10. The van der Waals surface area contributed by atoms with Crippen molar-refractivity contribution in [2.75, 3.05) is 0 Å². The van der Waals surface area contributed by atoms with Crippen molar-refractivity contribution in [3.63, 3.8) is 0 Å². The fraction of sp³-hybridized carbons (Fsp3) is 0.556. The van der Waals surface area contributed by atoms with Crippen LogP contribution in [0.2, 0.25) is 0 Å². The van der Waals surface area contributed by atoms with Crippen LogP contribution in [0, 0.1) is 10.1 Å². The number of carbonyl (C=O) groups excluding carboxylic acids is 1. The predicted octanol–water partition coefficient (Wildman–Crippen LogP) is 1.75. The second kappa shape index (κ2) is 4.82. The summed E-state index contributed by atoms with van der Waals surface area (Å²) in [7, 11) is 0. The maximum atomic E-state index is 11.8. The van der Waals surface area contributed by atoms with E-state index in [1.165, 1.54) is 0 Å². The Bertz CT molecular complexity index is 453. The lowest BCUT2D eigenvalue weighted by atomic mass is 10.2. The van der Waals surface area contributed by atoms with Crippen LogP contribution in [-0.2, 0) is 0 Å². The first-order valence-corrected chi connectivity index (χ1v) is 6.08. The third-order valence-electron chi connectivity index (χ3n) is 2.78. The summed E-state index contributed by atoms with van der Waals surface area (Å²) in [5.74, 6) is -0.685. The number of nitrogens with zero attached hydrogens (tertiary/aromatic N) is 2. The Labute approximate surface area is 105 Å². The SMILES string of the molecule is O=C(NC1CCCC1)c1n[nH]c([N+](=O)[O-])c1Br. The first-order valence-electron chi connectivity index (χ1n) is 5.28. The highest BCUT2D eigenvalue weighted by atomic mass is 79.9. The summed E-state index contributed by atoms with van der Waals surface area (Å²) in [6, 6.07) is 0.158. The van der Waals surface area contributed by atoms with Gasteiger partial charge in [0.05, 0.1) is 0 Å². The van der Waals surface area contributed by atoms with Crippen LogP contribution < -0.4 is 5.32 Å². The fourth-order valence-electron chi connectivity index (χ4n) is 1.91. The number of aromatic nitrogens is 2. The van der Waals surface area contributed by atoms with Crippen molar-refractivity contribution in [3.05, 3.63) is 20.3 Å². The van der Waals surface area contributed by atoms with E-state index in [1.807, 2.05) is 0 Å². The van der Waals surface area contributed by atoms with Gasteiger partial charge in [-0.3, -0.25) is 4.79 Å². The molecule has 0 bridgehead atoms. The van der Waals surface area contributed by atoms with E-state index in [-0.39, 0.29) is 27.9 Å². The second-order valence-electron chi connectivity index (χ2n) is 3.95. The molecular formula is C9H11BrN4O3. The largest absolute Gasteiger partial charge is 0.358 e. The Hall–Kier alpha value is -1.44. The van der Waals surface area contributed by atoms with Crippen molar-refractivity contribution in [3.8, 4) is 0 Å². The first-order chi connectivity index (χ1) is 8.09. The molecule has 17 heavy (non-hydrogen) atoms. The molecule has 8 heteroatoms. The Morgan fingerprint density at radius 1 is 1.53 bits per heavy atom. The number of amides is 1. The zero-order valence-corrected chi connectivity index (χ0v) is 10.5. The van der Waals surface area contributed by atoms with E-state index in [0.29, 0.717) is 0 Å². The molecule has 1 saturated carbocycles. The fourth-order valence-corrected chi connectivity index (χ4v) is 2.42. The van der Waals surface area contributed by atoms with E-state index in [0.717, 1.165) is 25.7 Å². The van der Waals surface area contributed by atoms with Crippen molar-refractivity contribution < 1.29 is 9.72 Å². The van der Waals surface area contributed by atoms with Crippen LogP contribution >= 0.6 is 15.9 Å². The van der Waals surface area contributed by atoms with E-state index in [1.54, 1.807) is 0 Å². The highest BCUT2D eigenvalue weighted by Crippen LogP contribution is 2.26. The number of nitro groups is 1. The number of rotatable bonds is 3. The van der Waals surface area contributed by atoms with Crippen molar-refractivity contribution in [2.45, 2.75) is 31.7 Å². The van der Waals surface area contributed by atoms with Crippen LogP contribution in [0.15, 0.2) is 4.47 Å². The molecule has 0 unspecified atom stereocenters. The minimum Gasteiger partial charge on any atom is -0.358 e.